The van der Waals surface area contributed by atoms with Gasteiger partial charge in [0.1, 0.15) is 5.82 Å². The Morgan fingerprint density at radius 2 is 1.45 bits per heavy atom. The van der Waals surface area contributed by atoms with Gasteiger partial charge in [-0.05, 0) is 66.8 Å². The number of hydrogen-bond acceptors (Lipinski definition) is 7. The Labute approximate surface area is 264 Å². The molecule has 0 aliphatic carbocycles. The van der Waals surface area contributed by atoms with Gasteiger partial charge >= 0.3 is 0 Å². The number of aryl methyl sites for hydroxylation is 1. The van der Waals surface area contributed by atoms with Gasteiger partial charge in [0.25, 0.3) is 0 Å². The van der Waals surface area contributed by atoms with Crippen molar-refractivity contribution < 1.29 is 0 Å². The van der Waals surface area contributed by atoms with Crippen LogP contribution in [0.5, 0.6) is 0 Å². The lowest BCUT2D eigenvalue weighted by Gasteiger charge is -2.35. The van der Waals surface area contributed by atoms with Crippen LogP contribution in [0.3, 0.4) is 0 Å². The predicted octanol–water partition coefficient (Wildman–Crippen LogP) is 7.11. The minimum absolute atomic E-state index is 0.00668. The lowest BCUT2D eigenvalue weighted by Crippen LogP contribution is -2.46. The molecule has 1 unspecified atom stereocenters. The molecule has 1 atom stereocenters. The van der Waals surface area contributed by atoms with Crippen LogP contribution in [0.2, 0.25) is 5.02 Å². The highest BCUT2D eigenvalue weighted by Crippen LogP contribution is 2.32. The quantitative estimate of drug-likeness (QED) is 0.203. The lowest BCUT2D eigenvalue weighted by atomic mass is 9.96. The van der Waals surface area contributed by atoms with Crippen LogP contribution in [0.25, 0.3) is 10.9 Å². The summed E-state index contributed by atoms with van der Waals surface area (Å²) in [7, 11) is 0. The van der Waals surface area contributed by atoms with E-state index in [0.29, 0.717) is 5.02 Å². The van der Waals surface area contributed by atoms with Crippen molar-refractivity contribution in [2.75, 3.05) is 54.4 Å². The van der Waals surface area contributed by atoms with E-state index in [2.05, 4.69) is 91.5 Å². The summed E-state index contributed by atoms with van der Waals surface area (Å²) in [6.07, 6.45) is 6.21. The second-order valence-corrected chi connectivity index (χ2v) is 12.4. The van der Waals surface area contributed by atoms with Crippen LogP contribution in [0.4, 0.5) is 17.5 Å². The third-order valence-electron chi connectivity index (χ3n) is 8.85. The van der Waals surface area contributed by atoms with Gasteiger partial charge in [-0.15, -0.1) is 0 Å². The van der Waals surface area contributed by atoms with Crippen LogP contribution in [0, 0.1) is 6.92 Å². The standard InChI is InChI=1S/C36H38ClN7/c1-26-4-8-28(9-5-26)35(40-32-14-16-38-33-24-30(37)12-13-31(32)33)29-10-6-27(7-11-29)25-42-20-22-43(23-21-42)34-15-17-39-36(41-34)44-18-2-3-19-44/h4-17,24,35H,2-3,18-23,25H2,1H3,(H,38,40). The van der Waals surface area contributed by atoms with E-state index in [4.69, 9.17) is 16.6 Å². The number of nitrogens with one attached hydrogen (secondary N) is 1. The van der Waals surface area contributed by atoms with Gasteiger partial charge < -0.3 is 15.1 Å². The lowest BCUT2D eigenvalue weighted by molar-refractivity contribution is 0.249. The molecule has 224 valence electrons. The van der Waals surface area contributed by atoms with E-state index in [0.717, 1.165) is 74.2 Å². The summed E-state index contributed by atoms with van der Waals surface area (Å²) in [4.78, 5) is 21.2. The van der Waals surface area contributed by atoms with Crippen molar-refractivity contribution in [3.63, 3.8) is 0 Å². The largest absolute Gasteiger partial charge is 0.374 e. The fourth-order valence-electron chi connectivity index (χ4n) is 6.31. The number of hydrogen-bond donors (Lipinski definition) is 1. The maximum Gasteiger partial charge on any atom is 0.227 e. The molecular formula is C36H38ClN7. The van der Waals surface area contributed by atoms with Gasteiger partial charge in [0.2, 0.25) is 5.95 Å². The van der Waals surface area contributed by atoms with Crippen LogP contribution in [-0.4, -0.2) is 59.1 Å². The van der Waals surface area contributed by atoms with E-state index in [-0.39, 0.29) is 6.04 Å². The van der Waals surface area contributed by atoms with Crippen molar-refractivity contribution in [3.05, 3.63) is 119 Å². The molecule has 3 aromatic carbocycles. The van der Waals surface area contributed by atoms with Crippen molar-refractivity contribution in [2.24, 2.45) is 0 Å². The molecular weight excluding hydrogens is 566 g/mol. The smallest absolute Gasteiger partial charge is 0.227 e. The van der Waals surface area contributed by atoms with E-state index in [1.807, 2.05) is 36.7 Å². The first kappa shape index (κ1) is 28.6. The molecule has 2 aromatic heterocycles. The molecule has 7 rings (SSSR count). The van der Waals surface area contributed by atoms with Gasteiger partial charge in [-0.2, -0.15) is 4.98 Å². The van der Waals surface area contributed by atoms with Crippen molar-refractivity contribution in [2.45, 2.75) is 32.4 Å². The van der Waals surface area contributed by atoms with Crippen molar-refractivity contribution in [1.82, 2.24) is 19.9 Å². The summed E-state index contributed by atoms with van der Waals surface area (Å²) >= 11 is 6.26. The average molecular weight is 604 g/mol. The van der Waals surface area contributed by atoms with Gasteiger partial charge in [0.05, 0.1) is 11.6 Å². The number of benzene rings is 3. The van der Waals surface area contributed by atoms with Crippen LogP contribution in [0.15, 0.2) is 91.3 Å². The molecule has 8 heteroatoms. The third kappa shape index (κ3) is 6.35. The maximum atomic E-state index is 6.26. The Hall–Kier alpha value is -4.20. The number of pyridine rings is 1. The van der Waals surface area contributed by atoms with Crippen molar-refractivity contribution >= 4 is 40.0 Å². The molecule has 0 bridgehead atoms. The second kappa shape index (κ2) is 12.8. The SMILES string of the molecule is Cc1ccc(C(Nc2ccnc3cc(Cl)ccc23)c2ccc(CN3CCN(c4ccnc(N5CCCC5)n4)CC3)cc2)cc1. The van der Waals surface area contributed by atoms with Gasteiger partial charge in [-0.1, -0.05) is 65.7 Å². The summed E-state index contributed by atoms with van der Waals surface area (Å²) in [5.41, 5.74) is 6.93. The number of fused-ring (bicyclic) bond motifs is 1. The Morgan fingerprint density at radius 3 is 2.20 bits per heavy atom. The topological polar surface area (TPSA) is 60.4 Å². The van der Waals surface area contributed by atoms with Crippen LogP contribution in [-0.2, 0) is 6.54 Å². The molecule has 4 heterocycles. The third-order valence-corrected chi connectivity index (χ3v) is 9.08. The molecule has 44 heavy (non-hydrogen) atoms. The molecule has 0 saturated carbocycles. The van der Waals surface area contributed by atoms with Crippen molar-refractivity contribution in [1.29, 1.82) is 0 Å². The first-order valence-corrected chi connectivity index (χ1v) is 16.0. The zero-order valence-electron chi connectivity index (χ0n) is 25.2. The normalized spacial score (nSPS) is 16.4. The van der Waals surface area contributed by atoms with Gasteiger partial charge in [-0.25, -0.2) is 4.98 Å². The van der Waals surface area contributed by atoms with E-state index in [9.17, 15) is 0 Å². The molecule has 2 aliphatic rings. The van der Waals surface area contributed by atoms with E-state index >= 15 is 0 Å². The molecule has 0 amide bonds. The molecule has 2 fully saturated rings. The summed E-state index contributed by atoms with van der Waals surface area (Å²) in [6.45, 7) is 9.16. The predicted molar refractivity (Wildman–Crippen MR) is 181 cm³/mol. The van der Waals surface area contributed by atoms with E-state index in [1.165, 1.54) is 35.1 Å². The molecule has 0 spiro atoms. The summed E-state index contributed by atoms with van der Waals surface area (Å²) in [5.74, 6) is 1.92. The molecule has 2 saturated heterocycles. The number of aromatic nitrogens is 3. The number of nitrogens with zero attached hydrogens (tertiary/aromatic N) is 6. The van der Waals surface area contributed by atoms with E-state index < -0.39 is 0 Å². The molecule has 2 aliphatic heterocycles. The molecule has 7 nitrogen and oxygen atoms in total. The second-order valence-electron chi connectivity index (χ2n) is 11.9. The Balaban J connectivity index is 1.04. The van der Waals surface area contributed by atoms with Gasteiger partial charge in [0, 0.05) is 74.3 Å². The number of rotatable bonds is 8. The van der Waals surface area contributed by atoms with Gasteiger partial charge in [0.15, 0.2) is 0 Å². The Bertz CT molecular complexity index is 1710. The minimum atomic E-state index is -0.00668. The zero-order valence-corrected chi connectivity index (χ0v) is 25.9. The molecule has 5 aromatic rings. The summed E-state index contributed by atoms with van der Waals surface area (Å²) in [5, 5.41) is 5.57. The number of halogens is 1. The maximum absolute atomic E-state index is 6.26. The highest BCUT2D eigenvalue weighted by Gasteiger charge is 2.21. The van der Waals surface area contributed by atoms with Crippen molar-refractivity contribution in [3.8, 4) is 0 Å². The average Bonchev–Trinajstić information content (AvgIpc) is 3.61. The van der Waals surface area contributed by atoms with Crippen LogP contribution < -0.4 is 15.1 Å². The first-order valence-electron chi connectivity index (χ1n) is 15.6. The Kier molecular flexibility index (Phi) is 8.31. The number of piperazine rings is 1. The highest BCUT2D eigenvalue weighted by atomic mass is 35.5. The minimum Gasteiger partial charge on any atom is -0.374 e. The number of anilines is 3. The first-order chi connectivity index (χ1) is 21.6. The molecule has 1 N–H and O–H groups in total. The fraction of sp³-hybridized carbons (Fsp3) is 0.306. The van der Waals surface area contributed by atoms with Crippen LogP contribution >= 0.6 is 11.6 Å². The zero-order chi connectivity index (χ0) is 29.9. The molecule has 0 radical (unpaired) electrons. The highest BCUT2D eigenvalue weighted by molar-refractivity contribution is 6.31. The van der Waals surface area contributed by atoms with Gasteiger partial charge in [-0.3, -0.25) is 9.88 Å². The van der Waals surface area contributed by atoms with E-state index in [1.54, 1.807) is 0 Å². The monoisotopic (exact) mass is 603 g/mol. The summed E-state index contributed by atoms with van der Waals surface area (Å²) < 4.78 is 0. The Morgan fingerprint density at radius 1 is 0.750 bits per heavy atom. The van der Waals surface area contributed by atoms with Crippen LogP contribution in [0.1, 0.15) is 41.1 Å². The fourth-order valence-corrected chi connectivity index (χ4v) is 6.48. The summed E-state index contributed by atoms with van der Waals surface area (Å²) in [6, 6.07) is 27.8.